The molecule has 0 spiro atoms. The molecule has 4 heterocycles. The molecule has 0 aliphatic rings. The van der Waals surface area contributed by atoms with E-state index in [0.29, 0.717) is 5.82 Å². The Morgan fingerprint density at radius 2 is 0.600 bits per heavy atom. The normalized spacial score (nSPS) is 11.8. The van der Waals surface area contributed by atoms with Crippen LogP contribution in [0.4, 0.5) is 0 Å². The summed E-state index contributed by atoms with van der Waals surface area (Å²) in [6.45, 7) is 4.22. The van der Waals surface area contributed by atoms with Crippen LogP contribution in [0.1, 0.15) is 11.1 Å². The minimum atomic E-state index is 0.711. The van der Waals surface area contributed by atoms with E-state index in [1.807, 2.05) is 0 Å². The SMILES string of the molecule is Cc1ccc(-c2cc(-c3ccc(-n4c5ccc(-n6c7ccccc7c7ccccc76)cc5c5cc(-n6c7ccccc7c7ccccc76)ccc54)cc3)nc(-c3ccc(C)cc3)n2)cc1. The van der Waals surface area contributed by atoms with Gasteiger partial charge in [-0.3, -0.25) is 0 Å². The van der Waals surface area contributed by atoms with Crippen LogP contribution in [0, 0.1) is 13.8 Å². The van der Waals surface area contributed by atoms with E-state index in [2.05, 4.69) is 240 Å². The highest BCUT2D eigenvalue weighted by Gasteiger charge is 2.19. The average molecular weight is 832 g/mol. The Morgan fingerprint density at radius 3 is 1.02 bits per heavy atom. The maximum atomic E-state index is 5.17. The van der Waals surface area contributed by atoms with Crippen molar-refractivity contribution in [2.24, 2.45) is 0 Å². The summed E-state index contributed by atoms with van der Waals surface area (Å²) in [6.07, 6.45) is 0. The molecule has 0 saturated carbocycles. The minimum absolute atomic E-state index is 0.711. The van der Waals surface area contributed by atoms with Crippen LogP contribution < -0.4 is 0 Å². The van der Waals surface area contributed by atoms with Crippen molar-refractivity contribution < 1.29 is 0 Å². The Bertz CT molecular complexity index is 3660. The molecule has 0 aliphatic carbocycles. The number of hydrogen-bond donors (Lipinski definition) is 0. The molecule has 0 bridgehead atoms. The monoisotopic (exact) mass is 831 g/mol. The largest absolute Gasteiger partial charge is 0.309 e. The van der Waals surface area contributed by atoms with E-state index in [4.69, 9.17) is 9.97 Å². The predicted octanol–water partition coefficient (Wildman–Crippen LogP) is 15.4. The van der Waals surface area contributed by atoms with Gasteiger partial charge in [0.2, 0.25) is 0 Å². The first kappa shape index (κ1) is 37.1. The number of para-hydroxylation sites is 4. The van der Waals surface area contributed by atoms with Crippen molar-refractivity contribution >= 4 is 65.4 Å². The lowest BCUT2D eigenvalue weighted by Crippen LogP contribution is -1.98. The van der Waals surface area contributed by atoms with Crippen molar-refractivity contribution in [2.45, 2.75) is 13.8 Å². The van der Waals surface area contributed by atoms with Gasteiger partial charge in [0.1, 0.15) is 0 Å². The zero-order chi connectivity index (χ0) is 43.2. The summed E-state index contributed by atoms with van der Waals surface area (Å²) < 4.78 is 7.24. The summed E-state index contributed by atoms with van der Waals surface area (Å²) in [5.41, 5.74) is 17.7. The van der Waals surface area contributed by atoms with Gasteiger partial charge in [0, 0.05) is 66.1 Å². The van der Waals surface area contributed by atoms with Crippen LogP contribution in [0.15, 0.2) is 212 Å². The van der Waals surface area contributed by atoms with Crippen LogP contribution in [-0.2, 0) is 0 Å². The van der Waals surface area contributed by atoms with Gasteiger partial charge in [0.25, 0.3) is 0 Å². The summed E-state index contributed by atoms with van der Waals surface area (Å²) >= 11 is 0. The van der Waals surface area contributed by atoms with Gasteiger partial charge in [-0.05, 0) is 92.7 Å². The highest BCUT2D eigenvalue weighted by atomic mass is 15.0. The highest BCUT2D eigenvalue weighted by molar-refractivity contribution is 6.14. The van der Waals surface area contributed by atoms with E-state index in [1.54, 1.807) is 0 Å². The maximum absolute atomic E-state index is 5.17. The lowest BCUT2D eigenvalue weighted by Gasteiger charge is -2.12. The van der Waals surface area contributed by atoms with E-state index in [-0.39, 0.29) is 0 Å². The summed E-state index contributed by atoms with van der Waals surface area (Å²) in [6, 6.07) is 76.9. The van der Waals surface area contributed by atoms with Gasteiger partial charge < -0.3 is 13.7 Å². The average Bonchev–Trinajstić information content (AvgIpc) is 4.00. The van der Waals surface area contributed by atoms with Gasteiger partial charge in [0.05, 0.1) is 44.5 Å². The standard InChI is InChI=1S/C60H41N5/c1-38-19-23-40(24-20-38)52-37-53(62-60(61-52)42-25-21-39(2)22-26-42)41-27-29-43(30-28-41)63-58-33-31-44(64-54-15-7-3-11-46(54)47-12-4-8-16-55(47)64)35-50(58)51-36-45(32-34-59(51)63)65-56-17-9-5-13-48(56)49-14-6-10-18-57(49)65/h3-37H,1-2H3. The van der Waals surface area contributed by atoms with Crippen LogP contribution >= 0.6 is 0 Å². The van der Waals surface area contributed by atoms with Gasteiger partial charge in [-0.2, -0.15) is 0 Å². The fraction of sp³-hybridized carbons (Fsp3) is 0.0333. The summed E-state index contributed by atoms with van der Waals surface area (Å²) in [5.74, 6) is 0.711. The van der Waals surface area contributed by atoms with E-state index in [1.165, 1.54) is 65.5 Å². The molecule has 0 N–H and O–H groups in total. The van der Waals surface area contributed by atoms with Crippen LogP contribution in [-0.4, -0.2) is 23.7 Å². The van der Waals surface area contributed by atoms with Crippen LogP contribution in [0.2, 0.25) is 0 Å². The van der Waals surface area contributed by atoms with Crippen molar-refractivity contribution in [1.29, 1.82) is 0 Å². The number of benzene rings is 9. The Morgan fingerprint density at radius 1 is 0.277 bits per heavy atom. The number of aryl methyl sites for hydroxylation is 2. The van der Waals surface area contributed by atoms with Gasteiger partial charge in [-0.25, -0.2) is 9.97 Å². The number of aromatic nitrogens is 5. The van der Waals surface area contributed by atoms with Gasteiger partial charge in [0.15, 0.2) is 5.82 Å². The van der Waals surface area contributed by atoms with E-state index in [9.17, 15) is 0 Å². The van der Waals surface area contributed by atoms with Crippen molar-refractivity contribution in [1.82, 2.24) is 23.7 Å². The molecule has 0 unspecified atom stereocenters. The third kappa shape index (κ3) is 5.93. The Kier molecular flexibility index (Phi) is 8.27. The van der Waals surface area contributed by atoms with E-state index in [0.717, 1.165) is 56.2 Å². The van der Waals surface area contributed by atoms with Crippen LogP contribution in [0.3, 0.4) is 0 Å². The molecule has 0 atom stereocenters. The third-order valence-electron chi connectivity index (χ3n) is 13.2. The fourth-order valence-corrected chi connectivity index (χ4v) is 10.0. The lowest BCUT2D eigenvalue weighted by atomic mass is 10.0. The first-order valence-corrected chi connectivity index (χ1v) is 22.2. The van der Waals surface area contributed by atoms with Gasteiger partial charge in [-0.1, -0.05) is 145 Å². The Hall–Kier alpha value is -8.54. The van der Waals surface area contributed by atoms with Gasteiger partial charge >= 0.3 is 0 Å². The zero-order valence-corrected chi connectivity index (χ0v) is 35.9. The molecule has 0 amide bonds. The molecule has 306 valence electrons. The highest BCUT2D eigenvalue weighted by Crippen LogP contribution is 2.40. The molecule has 0 saturated heterocycles. The summed E-state index contributed by atoms with van der Waals surface area (Å²) in [7, 11) is 0. The lowest BCUT2D eigenvalue weighted by molar-refractivity contribution is 1.16. The number of hydrogen-bond acceptors (Lipinski definition) is 2. The first-order valence-electron chi connectivity index (χ1n) is 22.2. The van der Waals surface area contributed by atoms with Crippen molar-refractivity contribution in [3.63, 3.8) is 0 Å². The summed E-state index contributed by atoms with van der Waals surface area (Å²) in [5, 5.41) is 7.37. The molecule has 13 aromatic rings. The minimum Gasteiger partial charge on any atom is -0.309 e. The molecule has 0 radical (unpaired) electrons. The molecule has 5 heteroatoms. The third-order valence-corrected chi connectivity index (χ3v) is 13.2. The zero-order valence-electron chi connectivity index (χ0n) is 35.9. The fourth-order valence-electron chi connectivity index (χ4n) is 10.0. The Labute approximate surface area is 375 Å². The molecular weight excluding hydrogens is 791 g/mol. The first-order chi connectivity index (χ1) is 32.0. The van der Waals surface area contributed by atoms with Crippen LogP contribution in [0.5, 0.6) is 0 Å². The predicted molar refractivity (Wildman–Crippen MR) is 271 cm³/mol. The molecule has 0 aliphatic heterocycles. The quantitative estimate of drug-likeness (QED) is 0.167. The number of fused-ring (bicyclic) bond motifs is 9. The summed E-state index contributed by atoms with van der Waals surface area (Å²) in [4.78, 5) is 10.3. The van der Waals surface area contributed by atoms with Gasteiger partial charge in [-0.15, -0.1) is 0 Å². The van der Waals surface area contributed by atoms with Crippen molar-refractivity contribution in [3.05, 3.63) is 223 Å². The molecule has 0 fully saturated rings. The molecular formula is C60H41N5. The Balaban J connectivity index is 1.01. The molecule has 5 nitrogen and oxygen atoms in total. The second-order valence-electron chi connectivity index (χ2n) is 17.2. The van der Waals surface area contributed by atoms with Crippen molar-refractivity contribution in [2.75, 3.05) is 0 Å². The van der Waals surface area contributed by atoms with E-state index < -0.39 is 0 Å². The maximum Gasteiger partial charge on any atom is 0.160 e. The van der Waals surface area contributed by atoms with Crippen LogP contribution in [0.25, 0.3) is 116 Å². The smallest absolute Gasteiger partial charge is 0.160 e. The topological polar surface area (TPSA) is 40.6 Å². The van der Waals surface area contributed by atoms with Crippen molar-refractivity contribution in [3.8, 4) is 51.0 Å². The second-order valence-corrected chi connectivity index (χ2v) is 17.2. The molecule has 13 rings (SSSR count). The molecule has 9 aromatic carbocycles. The second kappa shape index (κ2) is 14.5. The number of nitrogens with zero attached hydrogens (tertiary/aromatic N) is 5. The van der Waals surface area contributed by atoms with E-state index >= 15 is 0 Å². The molecule has 4 aromatic heterocycles. The number of rotatable bonds is 6. The molecule has 65 heavy (non-hydrogen) atoms.